The molecule has 0 atom stereocenters. The fourth-order valence-electron chi connectivity index (χ4n) is 1.61. The van der Waals surface area contributed by atoms with Crippen LogP contribution in [0.3, 0.4) is 0 Å². The highest BCUT2D eigenvalue weighted by Crippen LogP contribution is 2.35. The maximum absolute atomic E-state index is 8.58. The van der Waals surface area contributed by atoms with Crippen LogP contribution in [0.5, 0.6) is 0 Å². The minimum atomic E-state index is 0.553. The molecule has 17 heavy (non-hydrogen) atoms. The molecule has 0 fully saturated rings. The molecular formula is C12H13N3S2. The lowest BCUT2D eigenvalue weighted by atomic mass is 10.2. The molecule has 0 aliphatic carbocycles. The molecule has 0 saturated carbocycles. The highest BCUT2D eigenvalue weighted by molar-refractivity contribution is 7.99. The second-order valence-corrected chi connectivity index (χ2v) is 6.08. The van der Waals surface area contributed by atoms with Crippen LogP contribution in [-0.2, 0) is 0 Å². The van der Waals surface area contributed by atoms with Crippen LogP contribution < -0.4 is 0 Å². The molecular weight excluding hydrogens is 250 g/mol. The molecule has 2 aromatic heterocycles. The van der Waals surface area contributed by atoms with Gasteiger partial charge in [0.1, 0.15) is 15.7 Å². The summed E-state index contributed by atoms with van der Waals surface area (Å²) in [7, 11) is 0. The Kier molecular flexibility index (Phi) is 3.65. The number of nitriles is 1. The quantitative estimate of drug-likeness (QED) is 0.482. The van der Waals surface area contributed by atoms with Crippen molar-refractivity contribution < 1.29 is 0 Å². The number of rotatable bonds is 3. The Labute approximate surface area is 109 Å². The molecule has 3 nitrogen and oxygen atoms in total. The van der Waals surface area contributed by atoms with Crippen LogP contribution in [-0.4, -0.2) is 15.7 Å². The molecule has 0 radical (unpaired) electrons. The molecule has 0 amide bonds. The van der Waals surface area contributed by atoms with E-state index in [0.29, 0.717) is 6.42 Å². The number of nitrogens with zero attached hydrogens (tertiary/aromatic N) is 3. The first kappa shape index (κ1) is 12.3. The molecule has 88 valence electrons. The van der Waals surface area contributed by atoms with E-state index in [-0.39, 0.29) is 0 Å². The Morgan fingerprint density at radius 3 is 2.76 bits per heavy atom. The third-order valence-corrected chi connectivity index (χ3v) is 4.64. The molecule has 0 spiro atoms. The normalized spacial score (nSPS) is 10.7. The molecule has 0 aromatic carbocycles. The lowest BCUT2D eigenvalue weighted by Crippen LogP contribution is -1.92. The highest BCUT2D eigenvalue weighted by Gasteiger charge is 2.13. The summed E-state index contributed by atoms with van der Waals surface area (Å²) in [5, 5.41) is 10.8. The summed E-state index contributed by atoms with van der Waals surface area (Å²) in [5.74, 6) is 1.59. The van der Waals surface area contributed by atoms with E-state index in [2.05, 4.69) is 29.9 Å². The Morgan fingerprint density at radius 1 is 1.29 bits per heavy atom. The van der Waals surface area contributed by atoms with E-state index in [9.17, 15) is 0 Å². The van der Waals surface area contributed by atoms with Crippen LogP contribution in [0.4, 0.5) is 0 Å². The highest BCUT2D eigenvalue weighted by atomic mass is 32.2. The molecule has 0 aliphatic rings. The number of aryl methyl sites for hydroxylation is 3. The smallest absolute Gasteiger partial charge is 0.128 e. The maximum atomic E-state index is 8.58. The van der Waals surface area contributed by atoms with Crippen LogP contribution in [0.2, 0.25) is 0 Å². The lowest BCUT2D eigenvalue weighted by Gasteiger charge is -2.03. The Morgan fingerprint density at radius 2 is 2.06 bits per heavy atom. The Balaban J connectivity index is 2.49. The van der Waals surface area contributed by atoms with Gasteiger partial charge in [-0.2, -0.15) is 5.26 Å². The molecule has 0 aliphatic heterocycles. The Bertz CT molecular complexity index is 596. The summed E-state index contributed by atoms with van der Waals surface area (Å²) in [5.41, 5.74) is 1.27. The van der Waals surface area contributed by atoms with Crippen LogP contribution >= 0.6 is 23.1 Å². The topological polar surface area (TPSA) is 49.6 Å². The van der Waals surface area contributed by atoms with E-state index < -0.39 is 0 Å². The van der Waals surface area contributed by atoms with Crippen molar-refractivity contribution in [2.24, 2.45) is 0 Å². The van der Waals surface area contributed by atoms with Crippen LogP contribution in [0.15, 0.2) is 5.03 Å². The van der Waals surface area contributed by atoms with Gasteiger partial charge in [-0.1, -0.05) is 0 Å². The summed E-state index contributed by atoms with van der Waals surface area (Å²) >= 11 is 3.37. The molecule has 0 unspecified atom stereocenters. The predicted molar refractivity (Wildman–Crippen MR) is 72.6 cm³/mol. The van der Waals surface area contributed by atoms with Crippen LogP contribution in [0.1, 0.15) is 22.7 Å². The first-order chi connectivity index (χ1) is 8.13. The second-order valence-electron chi connectivity index (χ2n) is 3.80. The molecule has 0 N–H and O–H groups in total. The fraction of sp³-hybridized carbons (Fsp3) is 0.417. The monoisotopic (exact) mass is 263 g/mol. The summed E-state index contributed by atoms with van der Waals surface area (Å²) in [4.78, 5) is 11.3. The van der Waals surface area contributed by atoms with Crippen molar-refractivity contribution in [1.29, 1.82) is 5.26 Å². The maximum Gasteiger partial charge on any atom is 0.128 e. The molecule has 0 saturated heterocycles. The predicted octanol–water partition coefficient (Wildman–Crippen LogP) is 3.62. The van der Waals surface area contributed by atoms with Gasteiger partial charge in [0.2, 0.25) is 0 Å². The van der Waals surface area contributed by atoms with Crippen LogP contribution in [0.25, 0.3) is 10.2 Å². The van der Waals surface area contributed by atoms with E-state index in [1.807, 2.05) is 6.92 Å². The van der Waals surface area contributed by atoms with E-state index in [4.69, 9.17) is 5.26 Å². The van der Waals surface area contributed by atoms with Crippen molar-refractivity contribution in [1.82, 2.24) is 9.97 Å². The van der Waals surface area contributed by atoms with E-state index in [1.165, 1.54) is 15.8 Å². The molecule has 0 bridgehead atoms. The standard InChI is InChI=1S/C12H13N3S2/c1-7-8(2)17-12-10(7)11(14-9(3)15-12)16-6-4-5-13/h4,6H2,1-3H3. The van der Waals surface area contributed by atoms with Crippen molar-refractivity contribution in [2.45, 2.75) is 32.2 Å². The summed E-state index contributed by atoms with van der Waals surface area (Å²) in [6, 6.07) is 2.16. The van der Waals surface area contributed by atoms with Gasteiger partial charge in [0.15, 0.2) is 0 Å². The number of thioether (sulfide) groups is 1. The third-order valence-electron chi connectivity index (χ3n) is 2.56. The van der Waals surface area contributed by atoms with Gasteiger partial charge < -0.3 is 0 Å². The van der Waals surface area contributed by atoms with Crippen LogP contribution in [0, 0.1) is 32.1 Å². The minimum absolute atomic E-state index is 0.553. The van der Waals surface area contributed by atoms with Gasteiger partial charge in [0.05, 0.1) is 6.07 Å². The molecule has 2 rings (SSSR count). The van der Waals surface area contributed by atoms with Crippen molar-refractivity contribution in [3.8, 4) is 6.07 Å². The number of fused-ring (bicyclic) bond motifs is 1. The summed E-state index contributed by atoms with van der Waals surface area (Å²) in [6.45, 7) is 6.14. The Hall–Kier alpha value is -1.12. The molecule has 2 heterocycles. The van der Waals surface area contributed by atoms with E-state index in [0.717, 1.165) is 21.4 Å². The van der Waals surface area contributed by atoms with E-state index >= 15 is 0 Å². The van der Waals surface area contributed by atoms with Crippen molar-refractivity contribution in [3.63, 3.8) is 0 Å². The molecule has 5 heteroatoms. The van der Waals surface area contributed by atoms with Gasteiger partial charge in [0.25, 0.3) is 0 Å². The average molecular weight is 263 g/mol. The lowest BCUT2D eigenvalue weighted by molar-refractivity contribution is 1.01. The van der Waals surface area contributed by atoms with Gasteiger partial charge >= 0.3 is 0 Å². The largest absolute Gasteiger partial charge is 0.226 e. The van der Waals surface area contributed by atoms with E-state index in [1.54, 1.807) is 23.1 Å². The van der Waals surface area contributed by atoms with Gasteiger partial charge in [0, 0.05) is 22.4 Å². The van der Waals surface area contributed by atoms with Gasteiger partial charge in [-0.25, -0.2) is 9.97 Å². The molecule has 2 aromatic rings. The zero-order chi connectivity index (χ0) is 12.4. The summed E-state index contributed by atoms with van der Waals surface area (Å²) < 4.78 is 0. The summed E-state index contributed by atoms with van der Waals surface area (Å²) in [6.07, 6.45) is 0.553. The zero-order valence-corrected chi connectivity index (χ0v) is 11.7. The van der Waals surface area contributed by atoms with Crippen molar-refractivity contribution >= 4 is 33.3 Å². The number of thiophene rings is 1. The number of hydrogen-bond donors (Lipinski definition) is 0. The average Bonchev–Trinajstić information content (AvgIpc) is 2.54. The van der Waals surface area contributed by atoms with Gasteiger partial charge in [-0.3, -0.25) is 0 Å². The first-order valence-corrected chi connectivity index (χ1v) is 7.17. The third kappa shape index (κ3) is 2.43. The zero-order valence-electron chi connectivity index (χ0n) is 10.1. The van der Waals surface area contributed by atoms with Crippen molar-refractivity contribution in [2.75, 3.05) is 5.75 Å². The van der Waals surface area contributed by atoms with Crippen molar-refractivity contribution in [3.05, 3.63) is 16.3 Å². The fourth-order valence-corrected chi connectivity index (χ4v) is 3.73. The van der Waals surface area contributed by atoms with Gasteiger partial charge in [-0.05, 0) is 26.3 Å². The SMILES string of the molecule is Cc1nc(SCCC#N)c2c(C)c(C)sc2n1. The first-order valence-electron chi connectivity index (χ1n) is 5.37. The number of hydrogen-bond acceptors (Lipinski definition) is 5. The minimum Gasteiger partial charge on any atom is -0.226 e. The number of aromatic nitrogens is 2. The van der Waals surface area contributed by atoms with Gasteiger partial charge in [-0.15, -0.1) is 23.1 Å². The second kappa shape index (κ2) is 5.03.